The van der Waals surface area contributed by atoms with Crippen LogP contribution in [0, 0.1) is 17.8 Å². The van der Waals surface area contributed by atoms with Crippen molar-refractivity contribution in [3.8, 4) is 0 Å². The van der Waals surface area contributed by atoms with E-state index in [1.54, 1.807) is 0 Å². The Labute approximate surface area is 156 Å². The van der Waals surface area contributed by atoms with Gasteiger partial charge < -0.3 is 5.73 Å². The number of Topliss-reactive ketones (excluding diaryl/α,β-unsaturated/α-hetero) is 1. The zero-order valence-electron chi connectivity index (χ0n) is 17.3. The van der Waals surface area contributed by atoms with Gasteiger partial charge >= 0.3 is 0 Å². The molecule has 3 heteroatoms. The van der Waals surface area contributed by atoms with Gasteiger partial charge in [0.25, 0.3) is 0 Å². The highest BCUT2D eigenvalue weighted by Gasteiger charge is 2.24. The predicted molar refractivity (Wildman–Crippen MR) is 107 cm³/mol. The van der Waals surface area contributed by atoms with E-state index in [1.165, 1.54) is 38.5 Å². The molecular formula is C22H43NO2. The zero-order valence-corrected chi connectivity index (χ0v) is 17.3. The minimum Gasteiger partial charge on any atom is -0.370 e. The summed E-state index contributed by atoms with van der Waals surface area (Å²) < 4.78 is 0. The van der Waals surface area contributed by atoms with Crippen molar-refractivity contribution >= 4 is 11.7 Å². The normalized spacial score (nSPS) is 14.9. The highest BCUT2D eigenvalue weighted by Crippen LogP contribution is 2.30. The number of hydrogen-bond acceptors (Lipinski definition) is 2. The summed E-state index contributed by atoms with van der Waals surface area (Å²) in [4.78, 5) is 23.8. The first-order chi connectivity index (χ1) is 12.0. The standard InChI is InChI=1S/C22H43NO2/c1-5-9-12-18(7-3)16-20(17-19(8-4)13-10-6-2)21(24)14-11-15-22(23)25/h18-20H,5-17H2,1-4H3,(H2,23,25). The summed E-state index contributed by atoms with van der Waals surface area (Å²) in [6.45, 7) is 8.97. The third-order valence-corrected chi connectivity index (χ3v) is 5.62. The smallest absolute Gasteiger partial charge is 0.217 e. The quantitative estimate of drug-likeness (QED) is 0.346. The van der Waals surface area contributed by atoms with Crippen LogP contribution in [0.1, 0.15) is 111 Å². The number of hydrogen-bond donors (Lipinski definition) is 1. The van der Waals surface area contributed by atoms with Gasteiger partial charge in [0.1, 0.15) is 5.78 Å². The lowest BCUT2D eigenvalue weighted by Gasteiger charge is -2.26. The molecule has 0 spiro atoms. The molecule has 0 aliphatic rings. The Morgan fingerprint density at radius 1 is 0.760 bits per heavy atom. The predicted octanol–water partition coefficient (Wildman–Crippen LogP) is 6.04. The Kier molecular flexibility index (Phi) is 14.9. The molecule has 2 atom stereocenters. The van der Waals surface area contributed by atoms with E-state index in [-0.39, 0.29) is 11.8 Å². The average Bonchev–Trinajstić information content (AvgIpc) is 2.59. The van der Waals surface area contributed by atoms with Crippen molar-refractivity contribution in [1.29, 1.82) is 0 Å². The van der Waals surface area contributed by atoms with Gasteiger partial charge in [-0.1, -0.05) is 79.1 Å². The summed E-state index contributed by atoms with van der Waals surface area (Å²) in [5, 5.41) is 0. The first kappa shape index (κ1) is 24.1. The van der Waals surface area contributed by atoms with Gasteiger partial charge in [-0.15, -0.1) is 0 Å². The lowest BCUT2D eigenvalue weighted by Crippen LogP contribution is -2.22. The molecule has 148 valence electrons. The fourth-order valence-corrected chi connectivity index (χ4v) is 3.77. The summed E-state index contributed by atoms with van der Waals surface area (Å²) in [5.74, 6) is 1.57. The van der Waals surface area contributed by atoms with Crippen LogP contribution in [0.3, 0.4) is 0 Å². The van der Waals surface area contributed by atoms with Gasteiger partial charge in [0.05, 0.1) is 0 Å². The lowest BCUT2D eigenvalue weighted by atomic mass is 9.79. The maximum atomic E-state index is 12.8. The molecule has 25 heavy (non-hydrogen) atoms. The molecule has 0 bridgehead atoms. The van der Waals surface area contributed by atoms with E-state index in [1.807, 2.05) is 0 Å². The molecule has 0 aromatic heterocycles. The van der Waals surface area contributed by atoms with Crippen molar-refractivity contribution in [2.45, 2.75) is 111 Å². The number of rotatable bonds is 17. The Balaban J connectivity index is 4.81. The van der Waals surface area contributed by atoms with E-state index in [9.17, 15) is 9.59 Å². The van der Waals surface area contributed by atoms with Crippen molar-refractivity contribution in [2.24, 2.45) is 23.5 Å². The fourth-order valence-electron chi connectivity index (χ4n) is 3.77. The van der Waals surface area contributed by atoms with Crippen molar-refractivity contribution in [1.82, 2.24) is 0 Å². The Bertz CT molecular complexity index is 336. The molecule has 0 saturated carbocycles. The fraction of sp³-hybridized carbons (Fsp3) is 0.909. The molecule has 0 saturated heterocycles. The minimum absolute atomic E-state index is 0.177. The average molecular weight is 354 g/mol. The third kappa shape index (κ3) is 12.2. The molecule has 3 nitrogen and oxygen atoms in total. The summed E-state index contributed by atoms with van der Waals surface area (Å²) >= 11 is 0. The SMILES string of the molecule is CCCCC(CC)CC(CC(CC)CCCC)C(=O)CCCC(N)=O. The first-order valence-electron chi connectivity index (χ1n) is 10.8. The second-order valence-electron chi connectivity index (χ2n) is 7.79. The van der Waals surface area contributed by atoms with Crippen LogP contribution in [-0.2, 0) is 9.59 Å². The van der Waals surface area contributed by atoms with Gasteiger partial charge in [0.2, 0.25) is 5.91 Å². The van der Waals surface area contributed by atoms with E-state index in [4.69, 9.17) is 5.73 Å². The van der Waals surface area contributed by atoms with Gasteiger partial charge in [0.15, 0.2) is 0 Å². The molecule has 0 aliphatic heterocycles. The van der Waals surface area contributed by atoms with Gasteiger partial charge in [-0.25, -0.2) is 0 Å². The number of amides is 1. The largest absolute Gasteiger partial charge is 0.370 e. The molecule has 2 unspecified atom stereocenters. The van der Waals surface area contributed by atoms with Crippen molar-refractivity contribution in [2.75, 3.05) is 0 Å². The van der Waals surface area contributed by atoms with Crippen LogP contribution in [0.2, 0.25) is 0 Å². The van der Waals surface area contributed by atoms with Crippen molar-refractivity contribution in [3.63, 3.8) is 0 Å². The first-order valence-corrected chi connectivity index (χ1v) is 10.8. The summed E-state index contributed by atoms with van der Waals surface area (Å²) in [6.07, 6.45) is 13.3. The number of primary amides is 1. The summed E-state index contributed by atoms with van der Waals surface area (Å²) in [5.41, 5.74) is 5.22. The highest BCUT2D eigenvalue weighted by molar-refractivity contribution is 5.82. The second-order valence-corrected chi connectivity index (χ2v) is 7.79. The number of nitrogens with two attached hydrogens (primary N) is 1. The molecule has 0 aromatic rings. The maximum absolute atomic E-state index is 12.8. The maximum Gasteiger partial charge on any atom is 0.217 e. The molecule has 0 aromatic carbocycles. The molecular weight excluding hydrogens is 310 g/mol. The Morgan fingerprint density at radius 3 is 1.60 bits per heavy atom. The number of unbranched alkanes of at least 4 members (excludes halogenated alkanes) is 2. The van der Waals surface area contributed by atoms with Gasteiger partial charge in [-0.2, -0.15) is 0 Å². The third-order valence-electron chi connectivity index (χ3n) is 5.62. The highest BCUT2D eigenvalue weighted by atomic mass is 16.1. The van der Waals surface area contributed by atoms with E-state index < -0.39 is 0 Å². The second kappa shape index (κ2) is 15.4. The number of ketones is 1. The number of carbonyl (C=O) groups excluding carboxylic acids is 2. The molecule has 0 radical (unpaired) electrons. The molecule has 0 aliphatic carbocycles. The monoisotopic (exact) mass is 353 g/mol. The Hall–Kier alpha value is -0.860. The zero-order chi connectivity index (χ0) is 19.1. The van der Waals surface area contributed by atoms with E-state index in [0.29, 0.717) is 36.9 Å². The van der Waals surface area contributed by atoms with Crippen LogP contribution < -0.4 is 5.73 Å². The number of carbonyl (C=O) groups is 2. The van der Waals surface area contributed by atoms with Gasteiger partial charge in [-0.05, 0) is 31.1 Å². The summed E-state index contributed by atoms with van der Waals surface area (Å²) in [6, 6.07) is 0. The molecule has 1 amide bonds. The van der Waals surface area contributed by atoms with Gasteiger partial charge in [0, 0.05) is 18.8 Å². The lowest BCUT2D eigenvalue weighted by molar-refractivity contribution is -0.124. The molecule has 0 rings (SSSR count). The molecule has 0 heterocycles. The van der Waals surface area contributed by atoms with Crippen LogP contribution in [0.25, 0.3) is 0 Å². The van der Waals surface area contributed by atoms with Crippen molar-refractivity contribution < 1.29 is 9.59 Å². The van der Waals surface area contributed by atoms with Crippen LogP contribution >= 0.6 is 0 Å². The van der Waals surface area contributed by atoms with Crippen LogP contribution in [0.4, 0.5) is 0 Å². The molecule has 2 N–H and O–H groups in total. The van der Waals surface area contributed by atoms with E-state index in [2.05, 4.69) is 27.7 Å². The van der Waals surface area contributed by atoms with Crippen LogP contribution in [0.15, 0.2) is 0 Å². The van der Waals surface area contributed by atoms with Crippen LogP contribution in [-0.4, -0.2) is 11.7 Å². The van der Waals surface area contributed by atoms with E-state index >= 15 is 0 Å². The molecule has 0 fully saturated rings. The van der Waals surface area contributed by atoms with Crippen LogP contribution in [0.5, 0.6) is 0 Å². The topological polar surface area (TPSA) is 60.2 Å². The van der Waals surface area contributed by atoms with E-state index in [0.717, 1.165) is 25.7 Å². The van der Waals surface area contributed by atoms with Gasteiger partial charge in [-0.3, -0.25) is 9.59 Å². The minimum atomic E-state index is -0.298. The summed E-state index contributed by atoms with van der Waals surface area (Å²) in [7, 11) is 0. The van der Waals surface area contributed by atoms with Crippen molar-refractivity contribution in [3.05, 3.63) is 0 Å². The Morgan fingerprint density at radius 2 is 1.24 bits per heavy atom.